The summed E-state index contributed by atoms with van der Waals surface area (Å²) in [7, 11) is 2.05. The molecule has 3 heteroatoms. The fourth-order valence-electron chi connectivity index (χ4n) is 1.70. The van der Waals surface area contributed by atoms with E-state index in [1.807, 2.05) is 7.05 Å². The van der Waals surface area contributed by atoms with Gasteiger partial charge in [0.25, 0.3) is 0 Å². The van der Waals surface area contributed by atoms with Gasteiger partial charge in [0.15, 0.2) is 5.78 Å². The van der Waals surface area contributed by atoms with Gasteiger partial charge < -0.3 is 4.90 Å². The molecule has 0 aromatic heterocycles. The number of carbonyl (C=O) groups is 1. The van der Waals surface area contributed by atoms with Crippen molar-refractivity contribution in [2.24, 2.45) is 0 Å². The molecule has 14 heavy (non-hydrogen) atoms. The van der Waals surface area contributed by atoms with Crippen LogP contribution in [0.4, 0.5) is 0 Å². The van der Waals surface area contributed by atoms with Crippen LogP contribution in [0.3, 0.4) is 0 Å². The van der Waals surface area contributed by atoms with E-state index in [9.17, 15) is 4.79 Å². The van der Waals surface area contributed by atoms with Crippen LogP contribution in [0.2, 0.25) is 0 Å². The second kappa shape index (κ2) is 3.65. The van der Waals surface area contributed by atoms with Gasteiger partial charge in [0.05, 0.1) is 11.1 Å². The van der Waals surface area contributed by atoms with Crippen LogP contribution in [0.25, 0.3) is 0 Å². The summed E-state index contributed by atoms with van der Waals surface area (Å²) >= 11 is 1.71. The van der Waals surface area contributed by atoms with Gasteiger partial charge in [0, 0.05) is 18.0 Å². The van der Waals surface area contributed by atoms with Crippen molar-refractivity contribution in [2.45, 2.75) is 19.4 Å². The van der Waals surface area contributed by atoms with Gasteiger partial charge in [0.1, 0.15) is 0 Å². The van der Waals surface area contributed by atoms with E-state index in [0.717, 1.165) is 11.4 Å². The Morgan fingerprint density at radius 2 is 2.50 bits per heavy atom. The molecule has 1 atom stereocenters. The zero-order valence-electron chi connectivity index (χ0n) is 8.36. The standard InChI is InChI=1S/C11H13NOS/c1-8(13)7-11-12(2)9-5-3-4-6-10(9)14-11/h3-4,6-7,9H,5H2,1-2H3. The van der Waals surface area contributed by atoms with Gasteiger partial charge in [-0.05, 0) is 13.3 Å². The molecule has 1 heterocycles. The monoisotopic (exact) mass is 207 g/mol. The molecule has 2 rings (SSSR count). The van der Waals surface area contributed by atoms with Crippen LogP contribution in [0.1, 0.15) is 13.3 Å². The maximum absolute atomic E-state index is 11.0. The number of ketones is 1. The fourth-order valence-corrected chi connectivity index (χ4v) is 2.97. The Kier molecular flexibility index (Phi) is 2.50. The lowest BCUT2D eigenvalue weighted by Crippen LogP contribution is -2.25. The summed E-state index contributed by atoms with van der Waals surface area (Å²) in [5.74, 6) is 0.117. The van der Waals surface area contributed by atoms with Crippen LogP contribution < -0.4 is 0 Å². The summed E-state index contributed by atoms with van der Waals surface area (Å²) in [4.78, 5) is 14.5. The number of thioether (sulfide) groups is 1. The Labute approximate surface area is 88.4 Å². The lowest BCUT2D eigenvalue weighted by molar-refractivity contribution is -0.112. The molecular formula is C11H13NOS. The van der Waals surface area contributed by atoms with Gasteiger partial charge in [-0.15, -0.1) is 0 Å². The number of hydrogen-bond acceptors (Lipinski definition) is 3. The van der Waals surface area contributed by atoms with Gasteiger partial charge in [-0.25, -0.2) is 0 Å². The van der Waals surface area contributed by atoms with Crippen LogP contribution >= 0.6 is 11.8 Å². The molecule has 0 aromatic rings. The van der Waals surface area contributed by atoms with Crippen molar-refractivity contribution < 1.29 is 4.79 Å². The van der Waals surface area contributed by atoms with E-state index in [4.69, 9.17) is 0 Å². The molecule has 0 spiro atoms. The molecule has 0 aromatic carbocycles. The van der Waals surface area contributed by atoms with E-state index in [-0.39, 0.29) is 5.78 Å². The lowest BCUT2D eigenvalue weighted by Gasteiger charge is -2.21. The number of carbonyl (C=O) groups excluding carboxylic acids is 1. The van der Waals surface area contributed by atoms with Crippen LogP contribution in [-0.4, -0.2) is 23.8 Å². The Bertz CT molecular complexity index is 354. The highest BCUT2D eigenvalue weighted by Crippen LogP contribution is 2.43. The van der Waals surface area contributed by atoms with E-state index >= 15 is 0 Å². The van der Waals surface area contributed by atoms with E-state index in [0.29, 0.717) is 6.04 Å². The third-order valence-corrected chi connectivity index (χ3v) is 3.71. The molecule has 1 saturated heterocycles. The molecule has 0 N–H and O–H groups in total. The first-order valence-corrected chi connectivity index (χ1v) is 5.50. The fraction of sp³-hybridized carbons (Fsp3) is 0.364. The molecule has 2 nitrogen and oxygen atoms in total. The minimum Gasteiger partial charge on any atom is -0.361 e. The van der Waals surface area contributed by atoms with Crippen molar-refractivity contribution in [3.05, 3.63) is 34.2 Å². The lowest BCUT2D eigenvalue weighted by atomic mass is 10.1. The largest absolute Gasteiger partial charge is 0.361 e. The highest BCUT2D eigenvalue weighted by Gasteiger charge is 2.30. The Morgan fingerprint density at radius 3 is 3.14 bits per heavy atom. The quantitative estimate of drug-likeness (QED) is 0.615. The zero-order valence-corrected chi connectivity index (χ0v) is 9.17. The molecule has 1 aliphatic heterocycles. The highest BCUT2D eigenvalue weighted by atomic mass is 32.2. The molecule has 0 radical (unpaired) electrons. The number of rotatable bonds is 1. The average molecular weight is 207 g/mol. The van der Waals surface area contributed by atoms with Gasteiger partial charge in [0.2, 0.25) is 0 Å². The Hall–Kier alpha value is -0.960. The van der Waals surface area contributed by atoms with Crippen molar-refractivity contribution >= 4 is 17.5 Å². The molecule has 2 aliphatic rings. The number of fused-ring (bicyclic) bond motifs is 1. The van der Waals surface area contributed by atoms with E-state index < -0.39 is 0 Å². The third kappa shape index (κ3) is 1.64. The third-order valence-electron chi connectivity index (χ3n) is 2.45. The predicted molar refractivity (Wildman–Crippen MR) is 59.7 cm³/mol. The summed E-state index contributed by atoms with van der Waals surface area (Å²) in [6.45, 7) is 1.59. The van der Waals surface area contributed by atoms with Gasteiger partial charge in [-0.2, -0.15) is 0 Å². The minimum atomic E-state index is 0.117. The van der Waals surface area contributed by atoms with E-state index in [2.05, 4.69) is 23.1 Å². The van der Waals surface area contributed by atoms with Gasteiger partial charge in [-0.1, -0.05) is 30.0 Å². The first kappa shape index (κ1) is 9.59. The zero-order chi connectivity index (χ0) is 10.1. The first-order chi connectivity index (χ1) is 6.68. The number of allylic oxidation sites excluding steroid dienone is 3. The Balaban J connectivity index is 2.25. The average Bonchev–Trinajstić information content (AvgIpc) is 2.44. The number of likely N-dealkylation sites (N-methyl/N-ethyl adjacent to an activating group) is 1. The normalized spacial score (nSPS) is 27.9. The minimum absolute atomic E-state index is 0.117. The van der Waals surface area contributed by atoms with Crippen molar-refractivity contribution in [1.82, 2.24) is 4.90 Å². The predicted octanol–water partition coefficient (Wildman–Crippen LogP) is 2.31. The molecule has 1 aliphatic carbocycles. The molecule has 0 amide bonds. The van der Waals surface area contributed by atoms with Gasteiger partial charge >= 0.3 is 0 Å². The van der Waals surface area contributed by atoms with Crippen LogP contribution in [0, 0.1) is 0 Å². The summed E-state index contributed by atoms with van der Waals surface area (Å²) < 4.78 is 0. The maximum Gasteiger partial charge on any atom is 0.155 e. The van der Waals surface area contributed by atoms with Crippen molar-refractivity contribution in [2.75, 3.05) is 7.05 Å². The molecule has 1 unspecified atom stereocenters. The second-order valence-corrected chi connectivity index (χ2v) is 4.65. The summed E-state index contributed by atoms with van der Waals surface area (Å²) in [6.07, 6.45) is 9.15. The number of nitrogens with zero attached hydrogens (tertiary/aromatic N) is 1. The van der Waals surface area contributed by atoms with Crippen molar-refractivity contribution in [3.8, 4) is 0 Å². The highest BCUT2D eigenvalue weighted by molar-refractivity contribution is 8.07. The second-order valence-electron chi connectivity index (χ2n) is 3.55. The van der Waals surface area contributed by atoms with E-state index in [1.54, 1.807) is 24.8 Å². The molecule has 1 fully saturated rings. The maximum atomic E-state index is 11.0. The first-order valence-electron chi connectivity index (χ1n) is 4.68. The van der Waals surface area contributed by atoms with Crippen LogP contribution in [0.5, 0.6) is 0 Å². The topological polar surface area (TPSA) is 20.3 Å². The summed E-state index contributed by atoms with van der Waals surface area (Å²) in [5.41, 5.74) is 0. The van der Waals surface area contributed by atoms with Crippen LogP contribution in [0.15, 0.2) is 34.2 Å². The molecule has 0 saturated carbocycles. The van der Waals surface area contributed by atoms with E-state index in [1.165, 1.54) is 4.91 Å². The van der Waals surface area contributed by atoms with Gasteiger partial charge in [-0.3, -0.25) is 4.79 Å². The van der Waals surface area contributed by atoms with Crippen LogP contribution in [-0.2, 0) is 4.79 Å². The SMILES string of the molecule is CC(=O)C=C1SC2=CC=CCC2N1C. The molecule has 0 bridgehead atoms. The Morgan fingerprint density at radius 1 is 1.71 bits per heavy atom. The number of hydrogen-bond donors (Lipinski definition) is 0. The van der Waals surface area contributed by atoms with Crippen molar-refractivity contribution in [3.63, 3.8) is 0 Å². The smallest absolute Gasteiger partial charge is 0.155 e. The summed E-state index contributed by atoms with van der Waals surface area (Å²) in [6, 6.07) is 0.454. The molecular weight excluding hydrogens is 194 g/mol. The molecule has 74 valence electrons. The summed E-state index contributed by atoms with van der Waals surface area (Å²) in [5, 5.41) is 1.07. The van der Waals surface area contributed by atoms with Crippen molar-refractivity contribution in [1.29, 1.82) is 0 Å².